The van der Waals surface area contributed by atoms with E-state index in [0.717, 1.165) is 19.1 Å². The number of carbonyl (C=O) groups is 1. The standard InChI is InChI=1S/C11H19N5O3S/c1-15-10(9(12)6-13-15)11(17)16-5-3-4-8(7-16)14-20(2,18)19/h6,8,14H,3-5,7,12H2,1-2H3. The van der Waals surface area contributed by atoms with Crippen LogP contribution in [-0.4, -0.2) is 54.4 Å². The molecule has 0 aromatic carbocycles. The third-order valence-electron chi connectivity index (χ3n) is 3.26. The van der Waals surface area contributed by atoms with E-state index in [1.54, 1.807) is 11.9 Å². The molecule has 1 fully saturated rings. The number of amides is 1. The fourth-order valence-electron chi connectivity index (χ4n) is 2.43. The molecule has 9 heteroatoms. The normalized spacial score (nSPS) is 20.1. The number of piperidine rings is 1. The molecule has 2 heterocycles. The summed E-state index contributed by atoms with van der Waals surface area (Å²) in [6, 6.07) is -0.253. The minimum atomic E-state index is -3.27. The van der Waals surface area contributed by atoms with Gasteiger partial charge >= 0.3 is 0 Å². The van der Waals surface area contributed by atoms with Crippen LogP contribution < -0.4 is 10.5 Å². The Morgan fingerprint density at radius 1 is 1.55 bits per heavy atom. The van der Waals surface area contributed by atoms with Gasteiger partial charge in [0, 0.05) is 26.2 Å². The smallest absolute Gasteiger partial charge is 0.274 e. The molecular formula is C11H19N5O3S. The van der Waals surface area contributed by atoms with Gasteiger partial charge in [-0.05, 0) is 12.8 Å². The molecule has 20 heavy (non-hydrogen) atoms. The molecular weight excluding hydrogens is 282 g/mol. The largest absolute Gasteiger partial charge is 0.396 e. The van der Waals surface area contributed by atoms with E-state index < -0.39 is 10.0 Å². The lowest BCUT2D eigenvalue weighted by Crippen LogP contribution is -2.49. The molecule has 1 unspecified atom stereocenters. The number of nitrogens with two attached hydrogens (primary N) is 1. The third-order valence-corrected chi connectivity index (χ3v) is 4.02. The maximum absolute atomic E-state index is 12.4. The van der Waals surface area contributed by atoms with Crippen molar-refractivity contribution in [1.82, 2.24) is 19.4 Å². The Morgan fingerprint density at radius 2 is 2.25 bits per heavy atom. The summed E-state index contributed by atoms with van der Waals surface area (Å²) >= 11 is 0. The zero-order chi connectivity index (χ0) is 14.9. The SMILES string of the molecule is Cn1ncc(N)c1C(=O)N1CCCC(NS(C)(=O)=O)C1. The Morgan fingerprint density at radius 3 is 2.80 bits per heavy atom. The fourth-order valence-corrected chi connectivity index (χ4v) is 3.22. The number of aryl methyl sites for hydroxylation is 1. The molecule has 0 bridgehead atoms. The van der Waals surface area contributed by atoms with E-state index in [1.165, 1.54) is 10.9 Å². The van der Waals surface area contributed by atoms with Crippen LogP contribution in [0.3, 0.4) is 0 Å². The topological polar surface area (TPSA) is 110 Å². The van der Waals surface area contributed by atoms with Crippen LogP contribution in [0, 0.1) is 0 Å². The molecule has 112 valence electrons. The molecule has 2 rings (SSSR count). The second-order valence-corrected chi connectivity index (χ2v) is 6.83. The average molecular weight is 301 g/mol. The van der Waals surface area contributed by atoms with Crippen molar-refractivity contribution in [2.75, 3.05) is 25.1 Å². The van der Waals surface area contributed by atoms with Gasteiger partial charge in [0.1, 0.15) is 5.69 Å². The Hall–Kier alpha value is -1.61. The number of rotatable bonds is 3. The molecule has 1 atom stereocenters. The summed E-state index contributed by atoms with van der Waals surface area (Å²) in [4.78, 5) is 14.0. The number of sulfonamides is 1. The van der Waals surface area contributed by atoms with E-state index in [0.29, 0.717) is 24.5 Å². The predicted molar refractivity (Wildman–Crippen MR) is 74.5 cm³/mol. The second kappa shape index (κ2) is 5.41. The van der Waals surface area contributed by atoms with Crippen molar-refractivity contribution in [2.24, 2.45) is 7.05 Å². The lowest BCUT2D eigenvalue weighted by atomic mass is 10.1. The second-order valence-electron chi connectivity index (χ2n) is 5.05. The van der Waals surface area contributed by atoms with Crippen LogP contribution in [0.4, 0.5) is 5.69 Å². The Bertz CT molecular complexity index is 590. The third kappa shape index (κ3) is 3.28. The molecule has 0 radical (unpaired) electrons. The fraction of sp³-hybridized carbons (Fsp3) is 0.636. The zero-order valence-electron chi connectivity index (χ0n) is 11.5. The highest BCUT2D eigenvalue weighted by Crippen LogP contribution is 2.17. The van der Waals surface area contributed by atoms with Gasteiger partial charge in [-0.15, -0.1) is 0 Å². The molecule has 0 aliphatic carbocycles. The number of nitrogens with zero attached hydrogens (tertiary/aromatic N) is 3. The summed E-state index contributed by atoms with van der Waals surface area (Å²) in [5.41, 5.74) is 6.41. The minimum Gasteiger partial charge on any atom is -0.396 e. The van der Waals surface area contributed by atoms with E-state index in [1.807, 2.05) is 0 Å². The van der Waals surface area contributed by atoms with Crippen molar-refractivity contribution in [3.05, 3.63) is 11.9 Å². The van der Waals surface area contributed by atoms with Crippen LogP contribution in [0.1, 0.15) is 23.3 Å². The van der Waals surface area contributed by atoms with E-state index in [-0.39, 0.29) is 11.9 Å². The summed E-state index contributed by atoms with van der Waals surface area (Å²) in [5, 5.41) is 3.94. The van der Waals surface area contributed by atoms with Gasteiger partial charge in [-0.25, -0.2) is 13.1 Å². The first-order chi connectivity index (χ1) is 9.28. The molecule has 1 aliphatic rings. The number of hydrogen-bond donors (Lipinski definition) is 2. The summed E-state index contributed by atoms with van der Waals surface area (Å²) in [6.07, 6.45) is 4.02. The molecule has 1 aromatic heterocycles. The number of likely N-dealkylation sites (tertiary alicyclic amines) is 1. The van der Waals surface area contributed by atoms with Crippen LogP contribution >= 0.6 is 0 Å². The summed E-state index contributed by atoms with van der Waals surface area (Å²) < 4.78 is 26.5. The van der Waals surface area contributed by atoms with Crippen molar-refractivity contribution >= 4 is 21.6 Å². The van der Waals surface area contributed by atoms with Gasteiger partial charge in [-0.3, -0.25) is 9.48 Å². The van der Waals surface area contributed by atoms with Gasteiger partial charge < -0.3 is 10.6 Å². The van der Waals surface area contributed by atoms with Crippen LogP contribution in [-0.2, 0) is 17.1 Å². The summed E-state index contributed by atoms with van der Waals surface area (Å²) in [7, 11) is -1.62. The highest BCUT2D eigenvalue weighted by molar-refractivity contribution is 7.88. The first-order valence-corrected chi connectivity index (χ1v) is 8.21. The van der Waals surface area contributed by atoms with Gasteiger partial charge in [0.15, 0.2) is 0 Å². The lowest BCUT2D eigenvalue weighted by molar-refractivity contribution is 0.0693. The summed E-state index contributed by atoms with van der Waals surface area (Å²) in [5.74, 6) is -0.220. The number of nitrogens with one attached hydrogen (secondary N) is 1. The Labute approximate surface area is 118 Å². The molecule has 0 spiro atoms. The van der Waals surface area contributed by atoms with E-state index in [9.17, 15) is 13.2 Å². The van der Waals surface area contributed by atoms with Crippen LogP contribution in [0.5, 0.6) is 0 Å². The monoisotopic (exact) mass is 301 g/mol. The van der Waals surface area contributed by atoms with Crippen LogP contribution in [0.15, 0.2) is 6.20 Å². The van der Waals surface area contributed by atoms with Gasteiger partial charge in [0.25, 0.3) is 5.91 Å². The summed E-state index contributed by atoms with van der Waals surface area (Å²) in [6.45, 7) is 0.932. The van der Waals surface area contributed by atoms with Gasteiger partial charge in [-0.2, -0.15) is 5.10 Å². The van der Waals surface area contributed by atoms with Crippen molar-refractivity contribution in [1.29, 1.82) is 0 Å². The number of nitrogen functional groups attached to an aromatic ring is 1. The highest BCUT2D eigenvalue weighted by Gasteiger charge is 2.28. The maximum atomic E-state index is 12.4. The van der Waals surface area contributed by atoms with Crippen molar-refractivity contribution in [3.63, 3.8) is 0 Å². The molecule has 1 saturated heterocycles. The molecule has 1 aliphatic heterocycles. The molecule has 1 aromatic rings. The van der Waals surface area contributed by atoms with E-state index in [4.69, 9.17) is 5.73 Å². The first-order valence-electron chi connectivity index (χ1n) is 6.32. The lowest BCUT2D eigenvalue weighted by Gasteiger charge is -2.32. The predicted octanol–water partition coefficient (Wildman–Crippen LogP) is -0.844. The van der Waals surface area contributed by atoms with Crippen LogP contribution in [0.2, 0.25) is 0 Å². The van der Waals surface area contributed by atoms with Crippen molar-refractivity contribution in [3.8, 4) is 0 Å². The van der Waals surface area contributed by atoms with Gasteiger partial charge in [-0.1, -0.05) is 0 Å². The van der Waals surface area contributed by atoms with Crippen LogP contribution in [0.25, 0.3) is 0 Å². The maximum Gasteiger partial charge on any atom is 0.274 e. The first kappa shape index (κ1) is 14.8. The Balaban J connectivity index is 2.11. The molecule has 0 saturated carbocycles. The highest BCUT2D eigenvalue weighted by atomic mass is 32.2. The number of hydrogen-bond acceptors (Lipinski definition) is 5. The van der Waals surface area contributed by atoms with Crippen molar-refractivity contribution in [2.45, 2.75) is 18.9 Å². The molecule has 1 amide bonds. The minimum absolute atomic E-state index is 0.220. The molecule has 3 N–H and O–H groups in total. The van der Waals surface area contributed by atoms with E-state index in [2.05, 4.69) is 9.82 Å². The number of carbonyl (C=O) groups excluding carboxylic acids is 1. The number of anilines is 1. The number of aromatic nitrogens is 2. The Kier molecular flexibility index (Phi) is 4.00. The van der Waals surface area contributed by atoms with Crippen molar-refractivity contribution < 1.29 is 13.2 Å². The zero-order valence-corrected chi connectivity index (χ0v) is 12.4. The average Bonchev–Trinajstić information content (AvgIpc) is 2.66. The van der Waals surface area contributed by atoms with Gasteiger partial charge in [0.05, 0.1) is 18.1 Å². The van der Waals surface area contributed by atoms with E-state index >= 15 is 0 Å². The molecule has 8 nitrogen and oxygen atoms in total. The quantitative estimate of drug-likeness (QED) is 0.756. The van der Waals surface area contributed by atoms with Gasteiger partial charge in [0.2, 0.25) is 10.0 Å².